The zero-order valence-corrected chi connectivity index (χ0v) is 8.54. The number of aliphatic hydroxyl groups excluding tert-OH is 1. The Morgan fingerprint density at radius 2 is 2.27 bits per heavy atom. The normalized spacial score (nSPS) is 21.1. The lowest BCUT2D eigenvalue weighted by Gasteiger charge is -2.17. The van der Waals surface area contributed by atoms with Gasteiger partial charge in [0.25, 0.3) is 0 Å². The Hall–Kier alpha value is -1.13. The molecule has 2 rings (SSSR count). The number of carbonyl (C=O) groups is 1. The second kappa shape index (κ2) is 3.79. The zero-order valence-electron chi connectivity index (χ0n) is 7.78. The highest BCUT2D eigenvalue weighted by molar-refractivity contribution is 6.33. The first-order valence-corrected chi connectivity index (χ1v) is 4.89. The molecule has 0 aromatic heterocycles. The van der Waals surface area contributed by atoms with Crippen LogP contribution in [0, 0.1) is 5.82 Å². The number of anilines is 1. The SMILES string of the molecule is O=C1CC(O)CN1c1cc(F)ccc1Cl. The largest absolute Gasteiger partial charge is 0.391 e. The number of nitrogens with zero attached hydrogens (tertiary/aromatic N) is 1. The molecular formula is C10H9ClFNO2. The fourth-order valence-corrected chi connectivity index (χ4v) is 1.83. The quantitative estimate of drug-likeness (QED) is 0.794. The van der Waals surface area contributed by atoms with Gasteiger partial charge in [-0.25, -0.2) is 4.39 Å². The summed E-state index contributed by atoms with van der Waals surface area (Å²) in [6.07, 6.45) is -0.635. The van der Waals surface area contributed by atoms with Crippen LogP contribution in [0.25, 0.3) is 0 Å². The van der Waals surface area contributed by atoms with Gasteiger partial charge >= 0.3 is 0 Å². The van der Waals surface area contributed by atoms with Crippen molar-refractivity contribution in [3.8, 4) is 0 Å². The Labute approximate surface area is 91.1 Å². The Bertz CT molecular complexity index is 410. The molecule has 0 aliphatic carbocycles. The van der Waals surface area contributed by atoms with Crippen LogP contribution in [0.5, 0.6) is 0 Å². The van der Waals surface area contributed by atoms with Crippen molar-refractivity contribution in [3.63, 3.8) is 0 Å². The lowest BCUT2D eigenvalue weighted by Crippen LogP contribution is -2.25. The molecule has 1 saturated heterocycles. The minimum absolute atomic E-state index is 0.0623. The predicted molar refractivity (Wildman–Crippen MR) is 54.4 cm³/mol. The highest BCUT2D eigenvalue weighted by Crippen LogP contribution is 2.29. The van der Waals surface area contributed by atoms with E-state index in [1.165, 1.54) is 23.1 Å². The van der Waals surface area contributed by atoms with E-state index in [1.54, 1.807) is 0 Å². The van der Waals surface area contributed by atoms with Crippen molar-refractivity contribution < 1.29 is 14.3 Å². The Kier molecular flexibility index (Phi) is 2.63. The third-order valence-electron chi connectivity index (χ3n) is 2.30. The first-order valence-electron chi connectivity index (χ1n) is 4.51. The lowest BCUT2D eigenvalue weighted by molar-refractivity contribution is -0.117. The highest BCUT2D eigenvalue weighted by Gasteiger charge is 2.30. The number of β-amino-alcohol motifs (C(OH)–C–C–N with tert-alkyl or cyclic N) is 1. The highest BCUT2D eigenvalue weighted by atomic mass is 35.5. The van der Waals surface area contributed by atoms with Gasteiger partial charge in [0.1, 0.15) is 5.82 Å². The Balaban J connectivity index is 2.37. The summed E-state index contributed by atoms with van der Waals surface area (Å²) in [4.78, 5) is 12.7. The molecule has 1 unspecified atom stereocenters. The maximum Gasteiger partial charge on any atom is 0.229 e. The number of halogens is 2. The molecule has 1 fully saturated rings. The van der Waals surface area contributed by atoms with E-state index in [0.717, 1.165) is 0 Å². The van der Waals surface area contributed by atoms with E-state index in [0.29, 0.717) is 10.7 Å². The third-order valence-corrected chi connectivity index (χ3v) is 2.62. The van der Waals surface area contributed by atoms with E-state index in [2.05, 4.69) is 0 Å². The molecule has 0 radical (unpaired) electrons. The Morgan fingerprint density at radius 1 is 1.53 bits per heavy atom. The molecule has 1 aliphatic heterocycles. The number of benzene rings is 1. The van der Waals surface area contributed by atoms with Gasteiger partial charge in [0.2, 0.25) is 5.91 Å². The average Bonchev–Trinajstić information content (AvgIpc) is 2.50. The van der Waals surface area contributed by atoms with Crippen LogP contribution in [0.3, 0.4) is 0 Å². The minimum Gasteiger partial charge on any atom is -0.391 e. The van der Waals surface area contributed by atoms with Gasteiger partial charge < -0.3 is 10.0 Å². The second-order valence-electron chi connectivity index (χ2n) is 3.46. The second-order valence-corrected chi connectivity index (χ2v) is 3.87. The lowest BCUT2D eigenvalue weighted by atomic mass is 10.3. The minimum atomic E-state index is -0.697. The summed E-state index contributed by atoms with van der Waals surface area (Å²) in [5, 5.41) is 9.60. The van der Waals surface area contributed by atoms with Gasteiger partial charge in [-0.3, -0.25) is 4.79 Å². The topological polar surface area (TPSA) is 40.5 Å². The van der Waals surface area contributed by atoms with Gasteiger partial charge in [-0.15, -0.1) is 0 Å². The maximum atomic E-state index is 13.0. The fourth-order valence-electron chi connectivity index (χ4n) is 1.61. The fraction of sp³-hybridized carbons (Fsp3) is 0.300. The van der Waals surface area contributed by atoms with Crippen molar-refractivity contribution in [2.24, 2.45) is 0 Å². The van der Waals surface area contributed by atoms with E-state index in [1.807, 2.05) is 0 Å². The third kappa shape index (κ3) is 1.96. The molecule has 1 aromatic carbocycles. The van der Waals surface area contributed by atoms with Crippen LogP contribution in [0.1, 0.15) is 6.42 Å². The summed E-state index contributed by atoms with van der Waals surface area (Å²) in [7, 11) is 0. The molecule has 80 valence electrons. The molecule has 0 spiro atoms. The van der Waals surface area contributed by atoms with Crippen LogP contribution >= 0.6 is 11.6 Å². The smallest absolute Gasteiger partial charge is 0.229 e. The van der Waals surface area contributed by atoms with Crippen LogP contribution in [0.15, 0.2) is 18.2 Å². The van der Waals surface area contributed by atoms with E-state index in [9.17, 15) is 14.3 Å². The van der Waals surface area contributed by atoms with E-state index < -0.39 is 11.9 Å². The van der Waals surface area contributed by atoms with Crippen molar-refractivity contribution in [1.29, 1.82) is 0 Å². The van der Waals surface area contributed by atoms with Crippen LogP contribution in [-0.4, -0.2) is 23.7 Å². The molecule has 5 heteroatoms. The predicted octanol–water partition coefficient (Wildman–Crippen LogP) is 1.58. The van der Waals surface area contributed by atoms with Gasteiger partial charge in [-0.2, -0.15) is 0 Å². The summed E-state index contributed by atoms with van der Waals surface area (Å²) >= 11 is 5.85. The summed E-state index contributed by atoms with van der Waals surface area (Å²) < 4.78 is 13.0. The van der Waals surface area contributed by atoms with Crippen LogP contribution < -0.4 is 4.90 Å². The number of amides is 1. The maximum absolute atomic E-state index is 13.0. The van der Waals surface area contributed by atoms with Crippen LogP contribution in [0.4, 0.5) is 10.1 Å². The van der Waals surface area contributed by atoms with Crippen molar-refractivity contribution in [3.05, 3.63) is 29.0 Å². The zero-order chi connectivity index (χ0) is 11.0. The molecule has 0 bridgehead atoms. The molecule has 3 nitrogen and oxygen atoms in total. The van der Waals surface area contributed by atoms with E-state index >= 15 is 0 Å². The van der Waals surface area contributed by atoms with Crippen molar-refractivity contribution in [1.82, 2.24) is 0 Å². The number of rotatable bonds is 1. The van der Waals surface area contributed by atoms with Gasteiger partial charge in [0.15, 0.2) is 0 Å². The molecule has 1 aromatic rings. The van der Waals surface area contributed by atoms with Crippen molar-refractivity contribution >= 4 is 23.2 Å². The molecule has 0 saturated carbocycles. The molecule has 1 N–H and O–H groups in total. The summed E-state index contributed by atoms with van der Waals surface area (Å²) in [6.45, 7) is 0.169. The van der Waals surface area contributed by atoms with E-state index in [-0.39, 0.29) is 18.9 Å². The summed E-state index contributed by atoms with van der Waals surface area (Å²) in [6, 6.07) is 3.81. The van der Waals surface area contributed by atoms with E-state index in [4.69, 9.17) is 11.6 Å². The number of aliphatic hydroxyl groups is 1. The molecule has 1 amide bonds. The average molecular weight is 230 g/mol. The van der Waals surface area contributed by atoms with Gasteiger partial charge in [0.05, 0.1) is 29.8 Å². The molecule has 1 heterocycles. The van der Waals surface area contributed by atoms with Gasteiger partial charge in [0, 0.05) is 0 Å². The first-order chi connectivity index (χ1) is 7.08. The standard InChI is InChI=1S/C10H9ClFNO2/c11-8-2-1-6(12)3-9(8)13-5-7(14)4-10(13)15/h1-3,7,14H,4-5H2. The van der Waals surface area contributed by atoms with Crippen LogP contribution in [0.2, 0.25) is 5.02 Å². The van der Waals surface area contributed by atoms with Gasteiger partial charge in [-0.05, 0) is 18.2 Å². The number of hydrogen-bond acceptors (Lipinski definition) is 2. The number of hydrogen-bond donors (Lipinski definition) is 1. The van der Waals surface area contributed by atoms with Gasteiger partial charge in [-0.1, -0.05) is 11.6 Å². The van der Waals surface area contributed by atoms with Crippen molar-refractivity contribution in [2.75, 3.05) is 11.4 Å². The molecule has 1 atom stereocenters. The Morgan fingerprint density at radius 3 is 2.87 bits per heavy atom. The monoisotopic (exact) mass is 229 g/mol. The molecule has 1 aliphatic rings. The summed E-state index contributed by atoms with van der Waals surface area (Å²) in [5.74, 6) is -0.696. The number of carbonyl (C=O) groups excluding carboxylic acids is 1. The van der Waals surface area contributed by atoms with Crippen molar-refractivity contribution in [2.45, 2.75) is 12.5 Å². The molecular weight excluding hydrogens is 221 g/mol. The van der Waals surface area contributed by atoms with Crippen LogP contribution in [-0.2, 0) is 4.79 Å². The first kappa shape index (κ1) is 10.4. The molecule has 15 heavy (non-hydrogen) atoms. The summed E-state index contributed by atoms with van der Waals surface area (Å²) in [5.41, 5.74) is 0.318.